The van der Waals surface area contributed by atoms with E-state index in [1.165, 1.54) is 6.07 Å². The maximum absolute atomic E-state index is 13.3. The van der Waals surface area contributed by atoms with Crippen molar-refractivity contribution < 1.29 is 9.13 Å². The number of nitrogens with one attached hydrogen (secondary N) is 1. The molecule has 2 heterocycles. The van der Waals surface area contributed by atoms with Crippen LogP contribution in [0.5, 0.6) is 5.88 Å². The van der Waals surface area contributed by atoms with Gasteiger partial charge in [-0.25, -0.2) is 9.37 Å². The minimum Gasteiger partial charge on any atom is -0.469 e. The number of rotatable bonds is 2. The fourth-order valence-corrected chi connectivity index (χ4v) is 1.74. The van der Waals surface area contributed by atoms with E-state index in [1.54, 1.807) is 12.3 Å². The van der Waals surface area contributed by atoms with E-state index in [2.05, 4.69) is 10.3 Å². The van der Waals surface area contributed by atoms with Gasteiger partial charge in [-0.2, -0.15) is 0 Å². The van der Waals surface area contributed by atoms with Gasteiger partial charge in [0.1, 0.15) is 5.60 Å². The third-order valence-corrected chi connectivity index (χ3v) is 2.73. The summed E-state index contributed by atoms with van der Waals surface area (Å²) in [5.41, 5.74) is -0.291. The van der Waals surface area contributed by atoms with E-state index in [0.29, 0.717) is 0 Å². The van der Waals surface area contributed by atoms with Crippen LogP contribution in [0, 0.1) is 5.82 Å². The van der Waals surface area contributed by atoms with E-state index >= 15 is 0 Å². The van der Waals surface area contributed by atoms with E-state index in [-0.39, 0.29) is 11.5 Å². The summed E-state index contributed by atoms with van der Waals surface area (Å²) in [7, 11) is 0. The van der Waals surface area contributed by atoms with Crippen LogP contribution in [0.4, 0.5) is 4.39 Å². The average molecular weight is 210 g/mol. The first-order valence-electron chi connectivity index (χ1n) is 5.20. The molecule has 1 fully saturated rings. The SMILES string of the molecule is CC1(Oc2ncccc2F)CCNCC1. The van der Waals surface area contributed by atoms with E-state index in [9.17, 15) is 4.39 Å². The zero-order chi connectivity index (χ0) is 10.7. The van der Waals surface area contributed by atoms with E-state index in [1.807, 2.05) is 6.92 Å². The van der Waals surface area contributed by atoms with Gasteiger partial charge in [-0.15, -0.1) is 0 Å². The fourth-order valence-electron chi connectivity index (χ4n) is 1.74. The highest BCUT2D eigenvalue weighted by Crippen LogP contribution is 2.25. The standard InChI is InChI=1S/C11H15FN2O/c1-11(4-7-13-8-5-11)15-10-9(12)3-2-6-14-10/h2-3,6,13H,4-5,7-8H2,1H3. The average Bonchev–Trinajstić information content (AvgIpc) is 2.22. The molecule has 3 nitrogen and oxygen atoms in total. The summed E-state index contributed by atoms with van der Waals surface area (Å²) in [5, 5.41) is 3.25. The number of hydrogen-bond acceptors (Lipinski definition) is 3. The summed E-state index contributed by atoms with van der Waals surface area (Å²) in [6, 6.07) is 2.93. The lowest BCUT2D eigenvalue weighted by atomic mass is 9.95. The summed E-state index contributed by atoms with van der Waals surface area (Å²) in [5.74, 6) is -0.279. The second-order valence-corrected chi connectivity index (χ2v) is 4.09. The molecule has 1 N–H and O–H groups in total. The lowest BCUT2D eigenvalue weighted by molar-refractivity contribution is 0.0464. The lowest BCUT2D eigenvalue weighted by Gasteiger charge is -2.34. The van der Waals surface area contributed by atoms with Crippen molar-refractivity contribution in [2.24, 2.45) is 0 Å². The molecule has 1 saturated heterocycles. The molecule has 4 heteroatoms. The predicted molar refractivity (Wildman–Crippen MR) is 55.3 cm³/mol. The molecule has 0 bridgehead atoms. The first kappa shape index (κ1) is 10.4. The van der Waals surface area contributed by atoms with Crippen LogP contribution < -0.4 is 10.1 Å². The molecule has 82 valence electrons. The molecule has 2 rings (SSSR count). The molecule has 0 saturated carbocycles. The Morgan fingerprint density at radius 1 is 1.47 bits per heavy atom. The normalized spacial score (nSPS) is 19.9. The van der Waals surface area contributed by atoms with Crippen molar-refractivity contribution in [3.8, 4) is 5.88 Å². The summed E-state index contributed by atoms with van der Waals surface area (Å²) >= 11 is 0. The molecule has 0 unspecified atom stereocenters. The third-order valence-electron chi connectivity index (χ3n) is 2.73. The van der Waals surface area contributed by atoms with Crippen LogP contribution in [0.2, 0.25) is 0 Å². The van der Waals surface area contributed by atoms with Gasteiger partial charge in [-0.3, -0.25) is 0 Å². The molecular weight excluding hydrogens is 195 g/mol. The monoisotopic (exact) mass is 210 g/mol. The quantitative estimate of drug-likeness (QED) is 0.807. The Morgan fingerprint density at radius 2 is 2.20 bits per heavy atom. The van der Waals surface area contributed by atoms with Crippen LogP contribution in [0.1, 0.15) is 19.8 Å². The summed E-state index contributed by atoms with van der Waals surface area (Å²) in [6.45, 7) is 3.82. The zero-order valence-electron chi connectivity index (χ0n) is 8.79. The predicted octanol–water partition coefficient (Wildman–Crippen LogP) is 1.74. The van der Waals surface area contributed by atoms with Gasteiger partial charge >= 0.3 is 0 Å². The van der Waals surface area contributed by atoms with Gasteiger partial charge in [-0.05, 0) is 45.0 Å². The molecule has 15 heavy (non-hydrogen) atoms. The Balaban J connectivity index is 2.10. The number of halogens is 1. The molecule has 1 aliphatic heterocycles. The molecule has 1 aromatic rings. The van der Waals surface area contributed by atoms with E-state index < -0.39 is 5.82 Å². The Morgan fingerprint density at radius 3 is 2.87 bits per heavy atom. The molecule has 0 amide bonds. The van der Waals surface area contributed by atoms with Crippen LogP contribution >= 0.6 is 0 Å². The molecular formula is C11H15FN2O. The van der Waals surface area contributed by atoms with Crippen molar-refractivity contribution in [1.82, 2.24) is 10.3 Å². The third kappa shape index (κ3) is 2.45. The van der Waals surface area contributed by atoms with Gasteiger partial charge in [0.25, 0.3) is 5.88 Å². The number of piperidine rings is 1. The number of pyridine rings is 1. The van der Waals surface area contributed by atoms with Gasteiger partial charge in [0.15, 0.2) is 5.82 Å². The Labute approximate surface area is 88.7 Å². The largest absolute Gasteiger partial charge is 0.469 e. The minimum atomic E-state index is -0.391. The van der Waals surface area contributed by atoms with Crippen LogP contribution in [-0.4, -0.2) is 23.7 Å². The number of nitrogens with zero attached hydrogens (tertiary/aromatic N) is 1. The molecule has 0 aromatic carbocycles. The summed E-state index contributed by atoms with van der Waals surface area (Å²) in [6.07, 6.45) is 3.30. The molecule has 1 aliphatic rings. The first-order chi connectivity index (χ1) is 7.20. The second-order valence-electron chi connectivity index (χ2n) is 4.09. The first-order valence-corrected chi connectivity index (χ1v) is 5.20. The molecule has 0 aliphatic carbocycles. The van der Waals surface area contributed by atoms with Crippen LogP contribution in [0.25, 0.3) is 0 Å². The van der Waals surface area contributed by atoms with Crippen molar-refractivity contribution in [1.29, 1.82) is 0 Å². The highest BCUT2D eigenvalue weighted by atomic mass is 19.1. The fraction of sp³-hybridized carbons (Fsp3) is 0.545. The Bertz CT molecular complexity index is 337. The highest BCUT2D eigenvalue weighted by Gasteiger charge is 2.29. The maximum Gasteiger partial charge on any atom is 0.250 e. The molecule has 0 spiro atoms. The Hall–Kier alpha value is -1.16. The summed E-state index contributed by atoms with van der Waals surface area (Å²) in [4.78, 5) is 3.90. The Kier molecular flexibility index (Phi) is 2.86. The number of aromatic nitrogens is 1. The summed E-state index contributed by atoms with van der Waals surface area (Å²) < 4.78 is 19.0. The number of ether oxygens (including phenoxy) is 1. The van der Waals surface area contributed by atoms with Crippen molar-refractivity contribution in [2.75, 3.05) is 13.1 Å². The van der Waals surface area contributed by atoms with Gasteiger partial charge < -0.3 is 10.1 Å². The van der Waals surface area contributed by atoms with Crippen LogP contribution in [-0.2, 0) is 0 Å². The van der Waals surface area contributed by atoms with Crippen molar-refractivity contribution in [3.63, 3.8) is 0 Å². The molecule has 1 aromatic heterocycles. The molecule has 0 atom stereocenters. The topological polar surface area (TPSA) is 34.1 Å². The van der Waals surface area contributed by atoms with Crippen LogP contribution in [0.3, 0.4) is 0 Å². The van der Waals surface area contributed by atoms with Gasteiger partial charge in [0.2, 0.25) is 0 Å². The number of hydrogen-bond donors (Lipinski definition) is 1. The van der Waals surface area contributed by atoms with Gasteiger partial charge in [-0.1, -0.05) is 0 Å². The highest BCUT2D eigenvalue weighted by molar-refractivity contribution is 5.14. The van der Waals surface area contributed by atoms with E-state index in [0.717, 1.165) is 25.9 Å². The minimum absolute atomic E-state index is 0.113. The van der Waals surface area contributed by atoms with Crippen molar-refractivity contribution >= 4 is 0 Å². The molecule has 0 radical (unpaired) electrons. The van der Waals surface area contributed by atoms with E-state index in [4.69, 9.17) is 4.74 Å². The van der Waals surface area contributed by atoms with Crippen molar-refractivity contribution in [3.05, 3.63) is 24.1 Å². The zero-order valence-corrected chi connectivity index (χ0v) is 8.79. The maximum atomic E-state index is 13.3. The van der Waals surface area contributed by atoms with Gasteiger partial charge in [0.05, 0.1) is 0 Å². The second kappa shape index (κ2) is 4.14. The van der Waals surface area contributed by atoms with Crippen LogP contribution in [0.15, 0.2) is 18.3 Å². The smallest absolute Gasteiger partial charge is 0.250 e. The van der Waals surface area contributed by atoms with Crippen molar-refractivity contribution in [2.45, 2.75) is 25.4 Å². The lowest BCUT2D eigenvalue weighted by Crippen LogP contribution is -2.44. The van der Waals surface area contributed by atoms with Gasteiger partial charge in [0, 0.05) is 6.20 Å².